The summed E-state index contributed by atoms with van der Waals surface area (Å²) in [5.41, 5.74) is -0.780. The van der Waals surface area contributed by atoms with Gasteiger partial charge in [-0.05, 0) is 24.6 Å². The van der Waals surface area contributed by atoms with Crippen molar-refractivity contribution in [2.24, 2.45) is 0 Å². The average Bonchev–Trinajstić information content (AvgIpc) is 2.26. The summed E-state index contributed by atoms with van der Waals surface area (Å²) in [6, 6.07) is 4.50. The molecule has 0 heterocycles. The lowest BCUT2D eigenvalue weighted by molar-refractivity contribution is -0.137. The van der Waals surface area contributed by atoms with E-state index in [2.05, 4.69) is 0 Å². The Hall–Kier alpha value is -1.52. The van der Waals surface area contributed by atoms with Crippen LogP contribution in [0.1, 0.15) is 25.3 Å². The number of ether oxygens (including phenoxy) is 1. The number of carbonyl (C=O) groups excluding carboxylic acids is 1. The maximum absolute atomic E-state index is 12.4. The summed E-state index contributed by atoms with van der Waals surface area (Å²) >= 11 is 0. The molecule has 0 bridgehead atoms. The topological polar surface area (TPSA) is 26.3 Å². The summed E-state index contributed by atoms with van der Waals surface area (Å²) in [5, 5.41) is 0. The summed E-state index contributed by atoms with van der Waals surface area (Å²) in [5.74, 6) is -0.0609. The SMILES string of the molecule is CCCC(=O)COc1cccc(C(F)(F)F)c1. The Labute approximate surface area is 97.4 Å². The molecule has 0 aliphatic rings. The first kappa shape index (κ1) is 13.5. The van der Waals surface area contributed by atoms with Crippen LogP contribution >= 0.6 is 0 Å². The van der Waals surface area contributed by atoms with Crippen molar-refractivity contribution < 1.29 is 22.7 Å². The second kappa shape index (κ2) is 5.70. The van der Waals surface area contributed by atoms with Gasteiger partial charge >= 0.3 is 6.18 Å². The molecule has 1 aromatic carbocycles. The number of Topliss-reactive ketones (excluding diaryl/α,β-unsaturated/α-hetero) is 1. The highest BCUT2D eigenvalue weighted by atomic mass is 19.4. The first-order chi connectivity index (χ1) is 7.93. The van der Waals surface area contributed by atoms with Crippen LogP contribution in [0.3, 0.4) is 0 Å². The molecule has 0 N–H and O–H groups in total. The first-order valence-corrected chi connectivity index (χ1v) is 5.25. The maximum atomic E-state index is 12.4. The van der Waals surface area contributed by atoms with Crippen molar-refractivity contribution in [3.05, 3.63) is 29.8 Å². The smallest absolute Gasteiger partial charge is 0.416 e. The second-order valence-corrected chi connectivity index (χ2v) is 3.60. The molecular formula is C12H13F3O2. The van der Waals surface area contributed by atoms with Crippen molar-refractivity contribution in [3.8, 4) is 5.75 Å². The summed E-state index contributed by atoms with van der Waals surface area (Å²) in [6.07, 6.45) is -3.32. The number of rotatable bonds is 5. The standard InChI is InChI=1S/C12H13F3O2/c1-2-4-10(16)8-17-11-6-3-5-9(7-11)12(13,14)15/h3,5-7H,2,4,8H2,1H3. The van der Waals surface area contributed by atoms with E-state index >= 15 is 0 Å². The zero-order chi connectivity index (χ0) is 12.9. The van der Waals surface area contributed by atoms with E-state index in [9.17, 15) is 18.0 Å². The van der Waals surface area contributed by atoms with Crippen molar-refractivity contribution >= 4 is 5.78 Å². The number of carbonyl (C=O) groups is 1. The van der Waals surface area contributed by atoms with Gasteiger partial charge in [0.05, 0.1) is 5.56 Å². The van der Waals surface area contributed by atoms with Gasteiger partial charge in [-0.15, -0.1) is 0 Å². The number of hydrogen-bond acceptors (Lipinski definition) is 2. The van der Waals surface area contributed by atoms with Crippen LogP contribution in [0.2, 0.25) is 0 Å². The Kier molecular flexibility index (Phi) is 4.54. The molecule has 0 atom stereocenters. The van der Waals surface area contributed by atoms with Crippen LogP contribution < -0.4 is 4.74 Å². The van der Waals surface area contributed by atoms with Gasteiger partial charge in [-0.2, -0.15) is 13.2 Å². The van der Waals surface area contributed by atoms with Crippen LogP contribution in [-0.4, -0.2) is 12.4 Å². The average molecular weight is 246 g/mol. The van der Waals surface area contributed by atoms with Crippen molar-refractivity contribution in [3.63, 3.8) is 0 Å². The lowest BCUT2D eigenvalue weighted by Crippen LogP contribution is -2.11. The minimum Gasteiger partial charge on any atom is -0.486 e. The van der Waals surface area contributed by atoms with E-state index in [4.69, 9.17) is 4.74 Å². The first-order valence-electron chi connectivity index (χ1n) is 5.25. The maximum Gasteiger partial charge on any atom is 0.416 e. The highest BCUT2D eigenvalue weighted by Gasteiger charge is 2.30. The van der Waals surface area contributed by atoms with Gasteiger partial charge in [-0.1, -0.05) is 13.0 Å². The quantitative estimate of drug-likeness (QED) is 0.795. The van der Waals surface area contributed by atoms with Gasteiger partial charge in [0.1, 0.15) is 12.4 Å². The fraction of sp³-hybridized carbons (Fsp3) is 0.417. The lowest BCUT2D eigenvalue weighted by Gasteiger charge is -2.09. The van der Waals surface area contributed by atoms with E-state index in [1.807, 2.05) is 6.92 Å². The Morgan fingerprint density at radius 3 is 2.65 bits per heavy atom. The zero-order valence-electron chi connectivity index (χ0n) is 9.38. The van der Waals surface area contributed by atoms with E-state index in [-0.39, 0.29) is 18.1 Å². The Bertz CT molecular complexity index is 386. The Morgan fingerprint density at radius 1 is 1.35 bits per heavy atom. The van der Waals surface area contributed by atoms with Crippen LogP contribution in [0.15, 0.2) is 24.3 Å². The monoisotopic (exact) mass is 246 g/mol. The summed E-state index contributed by atoms with van der Waals surface area (Å²) in [4.78, 5) is 11.2. The third kappa shape index (κ3) is 4.46. The van der Waals surface area contributed by atoms with E-state index in [1.54, 1.807) is 0 Å². The number of alkyl halides is 3. The molecule has 5 heteroatoms. The molecule has 0 amide bonds. The van der Waals surface area contributed by atoms with Crippen LogP contribution in [-0.2, 0) is 11.0 Å². The van der Waals surface area contributed by atoms with Crippen molar-refractivity contribution in [1.82, 2.24) is 0 Å². The molecule has 0 aromatic heterocycles. The minimum absolute atomic E-state index is 0.0595. The van der Waals surface area contributed by atoms with Crippen LogP contribution in [0.4, 0.5) is 13.2 Å². The molecule has 0 spiro atoms. The lowest BCUT2D eigenvalue weighted by atomic mass is 10.2. The van der Waals surface area contributed by atoms with E-state index < -0.39 is 11.7 Å². The van der Waals surface area contributed by atoms with Gasteiger partial charge < -0.3 is 4.74 Å². The number of benzene rings is 1. The van der Waals surface area contributed by atoms with E-state index in [1.165, 1.54) is 12.1 Å². The molecule has 1 aromatic rings. The number of halogens is 3. The van der Waals surface area contributed by atoms with E-state index in [0.717, 1.165) is 12.1 Å². The molecule has 0 fully saturated rings. The molecule has 17 heavy (non-hydrogen) atoms. The highest BCUT2D eigenvalue weighted by Crippen LogP contribution is 2.31. The molecule has 2 nitrogen and oxygen atoms in total. The Balaban J connectivity index is 2.64. The molecular weight excluding hydrogens is 233 g/mol. The molecule has 0 aliphatic carbocycles. The normalized spacial score (nSPS) is 11.3. The van der Waals surface area contributed by atoms with Crippen LogP contribution in [0, 0.1) is 0 Å². The second-order valence-electron chi connectivity index (χ2n) is 3.60. The van der Waals surface area contributed by atoms with Crippen molar-refractivity contribution in [2.45, 2.75) is 25.9 Å². The predicted octanol–water partition coefficient (Wildman–Crippen LogP) is 3.45. The minimum atomic E-state index is -4.40. The molecule has 0 saturated carbocycles. The largest absolute Gasteiger partial charge is 0.486 e. The molecule has 0 aliphatic heterocycles. The van der Waals surface area contributed by atoms with E-state index in [0.29, 0.717) is 12.8 Å². The number of ketones is 1. The van der Waals surface area contributed by atoms with Gasteiger partial charge in [-0.3, -0.25) is 4.79 Å². The number of hydrogen-bond donors (Lipinski definition) is 0. The molecule has 94 valence electrons. The van der Waals surface area contributed by atoms with Crippen LogP contribution in [0.25, 0.3) is 0 Å². The van der Waals surface area contributed by atoms with Gasteiger partial charge in [0, 0.05) is 6.42 Å². The summed E-state index contributed by atoms with van der Waals surface area (Å²) in [6.45, 7) is 1.66. The van der Waals surface area contributed by atoms with Gasteiger partial charge in [0.2, 0.25) is 0 Å². The fourth-order valence-electron chi connectivity index (χ4n) is 1.28. The molecule has 0 saturated heterocycles. The molecule has 0 unspecified atom stereocenters. The zero-order valence-corrected chi connectivity index (χ0v) is 9.38. The Morgan fingerprint density at radius 2 is 2.06 bits per heavy atom. The highest BCUT2D eigenvalue weighted by molar-refractivity contribution is 5.79. The summed E-state index contributed by atoms with van der Waals surface area (Å²) < 4.78 is 42.1. The fourth-order valence-corrected chi connectivity index (χ4v) is 1.28. The van der Waals surface area contributed by atoms with Crippen molar-refractivity contribution in [2.75, 3.05) is 6.61 Å². The third-order valence-electron chi connectivity index (χ3n) is 2.09. The molecule has 0 radical (unpaired) electrons. The van der Waals surface area contributed by atoms with Gasteiger partial charge in [0.15, 0.2) is 5.78 Å². The predicted molar refractivity (Wildman–Crippen MR) is 56.9 cm³/mol. The van der Waals surface area contributed by atoms with Gasteiger partial charge in [0.25, 0.3) is 0 Å². The molecule has 1 rings (SSSR count). The van der Waals surface area contributed by atoms with Gasteiger partial charge in [-0.25, -0.2) is 0 Å². The third-order valence-corrected chi connectivity index (χ3v) is 2.09. The summed E-state index contributed by atoms with van der Waals surface area (Å²) in [7, 11) is 0. The van der Waals surface area contributed by atoms with Crippen molar-refractivity contribution in [1.29, 1.82) is 0 Å². The van der Waals surface area contributed by atoms with Crippen LogP contribution in [0.5, 0.6) is 5.75 Å².